The molecule has 2 saturated carbocycles. The highest BCUT2D eigenvalue weighted by Crippen LogP contribution is 2.72. The van der Waals surface area contributed by atoms with E-state index in [2.05, 4.69) is 5.32 Å². The number of nitrogens with two attached hydrogens (primary N) is 1. The number of nitrogen functional groups attached to an aromatic ring is 1. The average Bonchev–Trinajstić information content (AvgIpc) is 2.88. The number of amides is 1. The largest absolute Gasteiger partial charge is 0.397 e. The monoisotopic (exact) mass is 288 g/mol. The first-order valence-electron chi connectivity index (χ1n) is 7.52. The molecule has 4 N–H and O–H groups in total. The Morgan fingerprint density at radius 1 is 1.33 bits per heavy atom. The summed E-state index contributed by atoms with van der Waals surface area (Å²) in [6, 6.07) is 7.28. The van der Waals surface area contributed by atoms with E-state index in [0.29, 0.717) is 24.2 Å². The van der Waals surface area contributed by atoms with Crippen LogP contribution in [0.5, 0.6) is 0 Å². The fraction of sp³-hybridized carbons (Fsp3) is 0.562. The lowest BCUT2D eigenvalue weighted by Gasteiger charge is -2.49. The molecule has 1 aromatic carbocycles. The highest BCUT2D eigenvalue weighted by Gasteiger charge is 2.79. The molecule has 0 atom stereocenters. The number of carbonyl (C=O) groups excluding carboxylic acids is 1. The first-order chi connectivity index (χ1) is 10.0. The summed E-state index contributed by atoms with van der Waals surface area (Å²) in [5, 5.41) is 12.5. The third kappa shape index (κ3) is 1.50. The molecule has 5 nitrogen and oxygen atoms in total. The Balaban J connectivity index is 1.61. The van der Waals surface area contributed by atoms with E-state index in [-0.39, 0.29) is 18.1 Å². The molecule has 4 aliphatic rings. The van der Waals surface area contributed by atoms with Gasteiger partial charge >= 0.3 is 0 Å². The summed E-state index contributed by atoms with van der Waals surface area (Å²) in [6.07, 6.45) is 4.15. The van der Waals surface area contributed by atoms with E-state index >= 15 is 0 Å². The molecule has 2 aliphatic carbocycles. The third-order valence-electron chi connectivity index (χ3n) is 5.62. The molecule has 5 heteroatoms. The molecule has 2 aliphatic heterocycles. The van der Waals surface area contributed by atoms with E-state index in [1.807, 2.05) is 18.2 Å². The Morgan fingerprint density at radius 2 is 2.05 bits per heavy atom. The highest BCUT2D eigenvalue weighted by molar-refractivity contribution is 6.00. The topological polar surface area (TPSA) is 84.6 Å². The number of nitrogens with one attached hydrogen (secondary N) is 1. The molecule has 2 heterocycles. The van der Waals surface area contributed by atoms with E-state index in [9.17, 15) is 9.90 Å². The van der Waals surface area contributed by atoms with Crippen LogP contribution in [0.2, 0.25) is 0 Å². The first-order valence-corrected chi connectivity index (χ1v) is 7.52. The Labute approximate surface area is 123 Å². The van der Waals surface area contributed by atoms with Crippen LogP contribution in [0.15, 0.2) is 24.3 Å². The number of hydrogen-bond acceptors (Lipinski definition) is 4. The van der Waals surface area contributed by atoms with Crippen LogP contribution in [0.25, 0.3) is 0 Å². The Kier molecular flexibility index (Phi) is 2.49. The van der Waals surface area contributed by atoms with Crippen LogP contribution >= 0.6 is 0 Å². The summed E-state index contributed by atoms with van der Waals surface area (Å²) in [5.74, 6) is -0.0123. The molecular weight excluding hydrogens is 268 g/mol. The second kappa shape index (κ2) is 3.99. The molecule has 0 aromatic heterocycles. The molecule has 1 aromatic rings. The van der Waals surface area contributed by atoms with Crippen molar-refractivity contribution in [2.45, 2.75) is 43.3 Å². The quantitative estimate of drug-likeness (QED) is 0.739. The molecule has 112 valence electrons. The van der Waals surface area contributed by atoms with Crippen molar-refractivity contribution in [3.63, 3.8) is 0 Å². The number of anilines is 2. The fourth-order valence-corrected chi connectivity index (χ4v) is 4.40. The Morgan fingerprint density at radius 3 is 2.62 bits per heavy atom. The summed E-state index contributed by atoms with van der Waals surface area (Å²) in [6.45, 7) is -0.00272. The SMILES string of the molecule is Nc1ccccc1NC(=O)C12CC(CO)(C1)OC21CCC1. The number of benzene rings is 1. The van der Waals surface area contributed by atoms with Crippen molar-refractivity contribution < 1.29 is 14.6 Å². The standard InChI is InChI=1S/C16H20N2O3/c17-11-4-1-2-5-12(11)18-13(20)15-8-14(9-15,10-19)21-16(15)6-3-7-16/h1-2,4-5,19H,3,6-10,17H2,(H,18,20). The van der Waals surface area contributed by atoms with Gasteiger partial charge in [-0.1, -0.05) is 12.1 Å². The molecule has 2 saturated heterocycles. The summed E-state index contributed by atoms with van der Waals surface area (Å²) in [5.41, 5.74) is 5.79. The minimum Gasteiger partial charge on any atom is -0.397 e. The first kappa shape index (κ1) is 13.1. The van der Waals surface area contributed by atoms with Gasteiger partial charge in [0.05, 0.1) is 34.6 Å². The zero-order chi connectivity index (χ0) is 14.7. The van der Waals surface area contributed by atoms with Crippen LogP contribution < -0.4 is 11.1 Å². The van der Waals surface area contributed by atoms with Crippen molar-refractivity contribution >= 4 is 17.3 Å². The molecule has 0 unspecified atom stereocenters. The Bertz CT molecular complexity index is 603. The zero-order valence-corrected chi connectivity index (χ0v) is 11.9. The lowest BCUT2D eigenvalue weighted by Crippen LogP contribution is -2.59. The lowest BCUT2D eigenvalue weighted by atomic mass is 9.51. The van der Waals surface area contributed by atoms with E-state index in [1.54, 1.807) is 6.07 Å². The van der Waals surface area contributed by atoms with Crippen LogP contribution in [0, 0.1) is 5.41 Å². The number of para-hydroxylation sites is 2. The average molecular weight is 288 g/mol. The summed E-state index contributed by atoms with van der Waals surface area (Å²) < 4.78 is 6.15. The molecule has 4 fully saturated rings. The molecule has 5 rings (SSSR count). The summed E-state index contributed by atoms with van der Waals surface area (Å²) in [4.78, 5) is 12.9. The predicted molar refractivity (Wildman–Crippen MR) is 78.6 cm³/mol. The van der Waals surface area contributed by atoms with Gasteiger partial charge in [0.2, 0.25) is 5.91 Å². The van der Waals surface area contributed by atoms with E-state index < -0.39 is 11.0 Å². The van der Waals surface area contributed by atoms with E-state index in [4.69, 9.17) is 10.5 Å². The minimum absolute atomic E-state index is 0.00272. The maximum absolute atomic E-state index is 12.9. The van der Waals surface area contributed by atoms with Crippen molar-refractivity contribution in [1.82, 2.24) is 0 Å². The van der Waals surface area contributed by atoms with Crippen LogP contribution in [0.3, 0.4) is 0 Å². The maximum Gasteiger partial charge on any atom is 0.233 e. The zero-order valence-electron chi connectivity index (χ0n) is 11.9. The van der Waals surface area contributed by atoms with Gasteiger partial charge in [-0.2, -0.15) is 0 Å². The van der Waals surface area contributed by atoms with Crippen molar-refractivity contribution in [3.8, 4) is 0 Å². The van der Waals surface area contributed by atoms with Crippen molar-refractivity contribution in [3.05, 3.63) is 24.3 Å². The molecule has 21 heavy (non-hydrogen) atoms. The Hall–Kier alpha value is -1.59. The molecule has 0 radical (unpaired) electrons. The van der Waals surface area contributed by atoms with Gasteiger partial charge in [-0.05, 0) is 44.2 Å². The smallest absolute Gasteiger partial charge is 0.233 e. The summed E-state index contributed by atoms with van der Waals surface area (Å²) in [7, 11) is 0. The predicted octanol–water partition coefficient (Wildman–Crippen LogP) is 1.67. The number of hydrogen-bond donors (Lipinski definition) is 3. The van der Waals surface area contributed by atoms with Gasteiger partial charge in [-0.15, -0.1) is 0 Å². The van der Waals surface area contributed by atoms with Gasteiger partial charge in [0, 0.05) is 0 Å². The second-order valence-electron chi connectivity index (χ2n) is 6.77. The molecule has 1 amide bonds. The van der Waals surface area contributed by atoms with Gasteiger partial charge in [0.25, 0.3) is 0 Å². The van der Waals surface area contributed by atoms with Gasteiger partial charge in [0.15, 0.2) is 0 Å². The van der Waals surface area contributed by atoms with Crippen LogP contribution in [-0.4, -0.2) is 28.8 Å². The van der Waals surface area contributed by atoms with Gasteiger partial charge in [-0.25, -0.2) is 0 Å². The number of carbonyl (C=O) groups is 1. The van der Waals surface area contributed by atoms with E-state index in [1.165, 1.54) is 0 Å². The van der Waals surface area contributed by atoms with Gasteiger partial charge in [-0.3, -0.25) is 4.79 Å². The summed E-state index contributed by atoms with van der Waals surface area (Å²) >= 11 is 0. The fourth-order valence-electron chi connectivity index (χ4n) is 4.40. The number of aliphatic hydroxyl groups is 1. The van der Waals surface area contributed by atoms with Gasteiger partial charge in [0.1, 0.15) is 0 Å². The van der Waals surface area contributed by atoms with Crippen LogP contribution in [-0.2, 0) is 9.53 Å². The normalized spacial score (nSPS) is 35.1. The molecular formula is C16H20N2O3. The number of aliphatic hydroxyl groups excluding tert-OH is 1. The number of ether oxygens (including phenoxy) is 1. The van der Waals surface area contributed by atoms with Crippen molar-refractivity contribution in [2.24, 2.45) is 5.41 Å². The molecule has 2 bridgehead atoms. The van der Waals surface area contributed by atoms with Crippen LogP contribution in [0.1, 0.15) is 32.1 Å². The van der Waals surface area contributed by atoms with Crippen molar-refractivity contribution in [2.75, 3.05) is 17.7 Å². The lowest BCUT2D eigenvalue weighted by molar-refractivity contribution is -0.141. The second-order valence-corrected chi connectivity index (χ2v) is 6.77. The number of rotatable bonds is 3. The third-order valence-corrected chi connectivity index (χ3v) is 5.62. The highest BCUT2D eigenvalue weighted by atomic mass is 16.6. The molecule has 1 spiro atoms. The van der Waals surface area contributed by atoms with Crippen molar-refractivity contribution in [1.29, 1.82) is 0 Å². The minimum atomic E-state index is -0.490. The van der Waals surface area contributed by atoms with Crippen LogP contribution in [0.4, 0.5) is 11.4 Å². The maximum atomic E-state index is 12.9. The van der Waals surface area contributed by atoms with E-state index in [0.717, 1.165) is 19.3 Å². The van der Waals surface area contributed by atoms with Gasteiger partial charge < -0.3 is 20.9 Å².